The van der Waals surface area contributed by atoms with Crippen molar-refractivity contribution in [3.05, 3.63) is 70.5 Å². The Hall–Kier alpha value is -2.82. The second-order valence-corrected chi connectivity index (χ2v) is 7.97. The predicted molar refractivity (Wildman–Crippen MR) is 119 cm³/mol. The number of hydrogen-bond donors (Lipinski definition) is 1. The van der Waals surface area contributed by atoms with Crippen LogP contribution >= 0.6 is 11.8 Å². The molecular weight excluding hydrogens is 396 g/mol. The topological polar surface area (TPSA) is 78.2 Å². The lowest BCUT2D eigenvalue weighted by molar-refractivity contribution is -0.122. The third-order valence-electron chi connectivity index (χ3n) is 5.45. The van der Waals surface area contributed by atoms with Crippen LogP contribution in [-0.4, -0.2) is 48.3 Å². The van der Waals surface area contributed by atoms with E-state index in [1.54, 1.807) is 37.7 Å². The van der Waals surface area contributed by atoms with Crippen molar-refractivity contribution in [2.75, 3.05) is 32.5 Å². The summed E-state index contributed by atoms with van der Waals surface area (Å²) in [4.78, 5) is 20.0. The number of nitrogens with one attached hydrogen (secondary N) is 1. The minimum Gasteiger partial charge on any atom is -0.497 e. The van der Waals surface area contributed by atoms with Crippen LogP contribution in [-0.2, 0) is 10.2 Å². The Bertz CT molecular complexity index is 949. The number of aromatic nitrogens is 1. The first kappa shape index (κ1) is 21.9. The molecule has 1 aliphatic rings. The van der Waals surface area contributed by atoms with Gasteiger partial charge >= 0.3 is 0 Å². The summed E-state index contributed by atoms with van der Waals surface area (Å²) in [6.07, 6.45) is 3.32. The molecular formula is C23H26N4O2S. The minimum atomic E-state index is -1.23. The van der Waals surface area contributed by atoms with E-state index >= 15 is 0 Å². The quantitative estimate of drug-likeness (QED) is 0.668. The smallest absolute Gasteiger partial charge is 0.245 e. The minimum absolute atomic E-state index is 0.234. The van der Waals surface area contributed by atoms with E-state index in [9.17, 15) is 10.1 Å². The van der Waals surface area contributed by atoms with Crippen LogP contribution in [0, 0.1) is 11.3 Å². The SMILES string of the molecule is CCN(CC)CCSC1=C(C#N)C(c2ccc(OC)cc2)(c2cccnc2)C(=O)N1. The summed E-state index contributed by atoms with van der Waals surface area (Å²) >= 11 is 1.52. The van der Waals surface area contributed by atoms with E-state index in [1.165, 1.54) is 11.8 Å². The highest BCUT2D eigenvalue weighted by atomic mass is 32.2. The number of rotatable bonds is 9. The Labute approximate surface area is 181 Å². The first-order valence-electron chi connectivity index (χ1n) is 9.98. The maximum atomic E-state index is 13.5. The van der Waals surface area contributed by atoms with Crippen LogP contribution in [0.2, 0.25) is 0 Å². The zero-order valence-corrected chi connectivity index (χ0v) is 18.3. The zero-order valence-electron chi connectivity index (χ0n) is 17.5. The van der Waals surface area contributed by atoms with Crippen molar-refractivity contribution in [1.29, 1.82) is 5.26 Å². The number of thioether (sulfide) groups is 1. The average molecular weight is 423 g/mol. The van der Waals surface area contributed by atoms with Crippen LogP contribution in [0.25, 0.3) is 0 Å². The second kappa shape index (κ2) is 9.79. The Morgan fingerprint density at radius 1 is 1.20 bits per heavy atom. The maximum absolute atomic E-state index is 13.5. The molecule has 2 aromatic rings. The molecule has 1 aliphatic heterocycles. The molecule has 6 nitrogen and oxygen atoms in total. The van der Waals surface area contributed by atoms with Gasteiger partial charge in [-0.2, -0.15) is 5.26 Å². The van der Waals surface area contributed by atoms with E-state index in [2.05, 4.69) is 35.1 Å². The summed E-state index contributed by atoms with van der Waals surface area (Å²) in [5.74, 6) is 1.24. The molecule has 0 aliphatic carbocycles. The highest BCUT2D eigenvalue weighted by Gasteiger charge is 2.52. The van der Waals surface area contributed by atoms with Crippen molar-refractivity contribution >= 4 is 17.7 Å². The summed E-state index contributed by atoms with van der Waals surface area (Å²) in [5, 5.41) is 13.7. The Morgan fingerprint density at radius 2 is 1.93 bits per heavy atom. The van der Waals surface area contributed by atoms with E-state index in [1.807, 2.05) is 18.2 Å². The van der Waals surface area contributed by atoms with Gasteiger partial charge in [0.25, 0.3) is 0 Å². The number of carbonyl (C=O) groups excluding carboxylic acids is 1. The zero-order chi connectivity index (χ0) is 21.6. The number of ether oxygens (including phenoxy) is 1. The first-order valence-corrected chi connectivity index (χ1v) is 11.0. The highest BCUT2D eigenvalue weighted by Crippen LogP contribution is 2.46. The highest BCUT2D eigenvalue weighted by molar-refractivity contribution is 8.03. The third kappa shape index (κ3) is 3.93. The Kier molecular flexibility index (Phi) is 7.14. The number of amides is 1. The van der Waals surface area contributed by atoms with Gasteiger partial charge in [0.15, 0.2) is 0 Å². The lowest BCUT2D eigenvalue weighted by Crippen LogP contribution is -2.39. The van der Waals surface area contributed by atoms with Gasteiger partial charge in [0.2, 0.25) is 5.91 Å². The molecule has 156 valence electrons. The average Bonchev–Trinajstić information content (AvgIpc) is 3.09. The Morgan fingerprint density at radius 3 is 2.50 bits per heavy atom. The number of benzene rings is 1. The van der Waals surface area contributed by atoms with Crippen molar-refractivity contribution in [2.45, 2.75) is 19.3 Å². The largest absolute Gasteiger partial charge is 0.497 e. The normalized spacial score (nSPS) is 18.4. The van der Waals surface area contributed by atoms with Crippen molar-refractivity contribution in [3.63, 3.8) is 0 Å². The van der Waals surface area contributed by atoms with E-state index in [0.29, 0.717) is 27.5 Å². The molecule has 1 N–H and O–H groups in total. The number of pyridine rings is 1. The van der Waals surface area contributed by atoms with Crippen LogP contribution in [0.4, 0.5) is 0 Å². The van der Waals surface area contributed by atoms with Crippen LogP contribution in [0.1, 0.15) is 25.0 Å². The van der Waals surface area contributed by atoms with Crippen molar-refractivity contribution in [2.24, 2.45) is 0 Å². The second-order valence-electron chi connectivity index (χ2n) is 6.87. The molecule has 2 heterocycles. The van der Waals surface area contributed by atoms with E-state index in [0.717, 1.165) is 25.4 Å². The van der Waals surface area contributed by atoms with Gasteiger partial charge in [-0.3, -0.25) is 9.78 Å². The van der Waals surface area contributed by atoms with Crippen LogP contribution < -0.4 is 10.1 Å². The number of carbonyl (C=O) groups is 1. The molecule has 1 aromatic heterocycles. The van der Waals surface area contributed by atoms with Crippen molar-refractivity contribution in [1.82, 2.24) is 15.2 Å². The molecule has 1 unspecified atom stereocenters. The monoisotopic (exact) mass is 422 g/mol. The fourth-order valence-electron chi connectivity index (χ4n) is 3.75. The fraction of sp³-hybridized carbons (Fsp3) is 0.348. The summed E-state index contributed by atoms with van der Waals surface area (Å²) in [5.41, 5.74) is 0.566. The first-order chi connectivity index (χ1) is 14.6. The lowest BCUT2D eigenvalue weighted by atomic mass is 9.71. The summed E-state index contributed by atoms with van der Waals surface area (Å²) < 4.78 is 5.27. The molecule has 0 radical (unpaired) electrons. The van der Waals surface area contributed by atoms with Gasteiger partial charge in [-0.05, 0) is 42.4 Å². The van der Waals surface area contributed by atoms with Crippen LogP contribution in [0.5, 0.6) is 5.75 Å². The molecule has 0 saturated heterocycles. The molecule has 0 fully saturated rings. The number of nitrogens with zero attached hydrogens (tertiary/aromatic N) is 3. The molecule has 0 bridgehead atoms. The van der Waals surface area contributed by atoms with Crippen LogP contribution in [0.15, 0.2) is 59.4 Å². The van der Waals surface area contributed by atoms with Gasteiger partial charge in [-0.1, -0.05) is 32.0 Å². The molecule has 3 rings (SSSR count). The molecule has 7 heteroatoms. The summed E-state index contributed by atoms with van der Waals surface area (Å²) in [7, 11) is 1.60. The van der Waals surface area contributed by atoms with Crippen LogP contribution in [0.3, 0.4) is 0 Å². The summed E-state index contributed by atoms with van der Waals surface area (Å²) in [6.45, 7) is 7.08. The molecule has 0 saturated carbocycles. The number of methoxy groups -OCH3 is 1. The Balaban J connectivity index is 2.07. The van der Waals surface area contributed by atoms with Gasteiger partial charge in [0, 0.05) is 24.7 Å². The van der Waals surface area contributed by atoms with E-state index in [4.69, 9.17) is 4.74 Å². The number of hydrogen-bond acceptors (Lipinski definition) is 6. The maximum Gasteiger partial charge on any atom is 0.245 e. The van der Waals surface area contributed by atoms with Gasteiger partial charge in [-0.25, -0.2) is 0 Å². The molecule has 30 heavy (non-hydrogen) atoms. The van der Waals surface area contributed by atoms with Crippen molar-refractivity contribution in [3.8, 4) is 11.8 Å². The lowest BCUT2D eigenvalue weighted by Gasteiger charge is -2.28. The molecule has 0 spiro atoms. The van der Waals surface area contributed by atoms with Gasteiger partial charge in [-0.15, -0.1) is 11.8 Å². The summed E-state index contributed by atoms with van der Waals surface area (Å²) in [6, 6.07) is 13.3. The molecule has 1 amide bonds. The standard InChI is InChI=1S/C23H26N4O2S/c1-4-27(5-2)13-14-30-21-20(15-24)23(22(28)26-21,18-7-6-12-25-16-18)17-8-10-19(29-3)11-9-17/h6-12,16H,4-5,13-14H2,1-3H3,(H,26,28). The van der Waals surface area contributed by atoms with Gasteiger partial charge < -0.3 is 15.0 Å². The van der Waals surface area contributed by atoms with Gasteiger partial charge in [0.1, 0.15) is 11.2 Å². The fourth-order valence-corrected chi connectivity index (χ4v) is 4.81. The molecule has 1 atom stereocenters. The van der Waals surface area contributed by atoms with E-state index < -0.39 is 5.41 Å². The predicted octanol–water partition coefficient (Wildman–Crippen LogP) is 3.32. The van der Waals surface area contributed by atoms with Gasteiger partial charge in [0.05, 0.1) is 23.8 Å². The van der Waals surface area contributed by atoms with Crippen molar-refractivity contribution < 1.29 is 9.53 Å². The third-order valence-corrected chi connectivity index (χ3v) is 6.43. The number of nitriles is 1. The van der Waals surface area contributed by atoms with E-state index in [-0.39, 0.29) is 5.91 Å². The molecule has 1 aromatic carbocycles.